The normalized spacial score (nSPS) is 13.8. The molecule has 1 atom stereocenters. The van der Waals surface area contributed by atoms with Gasteiger partial charge in [-0.3, -0.25) is 9.59 Å². The number of nitrogens with zero attached hydrogens (tertiary/aromatic N) is 1. The third-order valence-electron chi connectivity index (χ3n) is 5.53. The predicted molar refractivity (Wildman–Crippen MR) is 115 cm³/mol. The molecule has 1 heterocycles. The van der Waals surface area contributed by atoms with Gasteiger partial charge in [0.15, 0.2) is 0 Å². The van der Waals surface area contributed by atoms with Gasteiger partial charge in [-0.05, 0) is 47.4 Å². The van der Waals surface area contributed by atoms with Crippen molar-refractivity contribution in [1.82, 2.24) is 4.90 Å². The van der Waals surface area contributed by atoms with Crippen LogP contribution in [0.5, 0.6) is 0 Å². The van der Waals surface area contributed by atoms with E-state index in [0.29, 0.717) is 12.1 Å². The zero-order valence-corrected chi connectivity index (χ0v) is 16.8. The van der Waals surface area contributed by atoms with Crippen LogP contribution in [-0.4, -0.2) is 16.7 Å². The van der Waals surface area contributed by atoms with Crippen LogP contribution in [0.3, 0.4) is 0 Å². The molecular weight excluding hydrogens is 379 g/mol. The summed E-state index contributed by atoms with van der Waals surface area (Å²) in [6, 6.07) is 20.7. The number of fused-ring (bicyclic) bond motifs is 1. The van der Waals surface area contributed by atoms with Crippen LogP contribution >= 0.6 is 0 Å². The zero-order valence-electron chi connectivity index (χ0n) is 16.8. The Bertz CT molecular complexity index is 1080. The van der Waals surface area contributed by atoms with Crippen molar-refractivity contribution in [3.8, 4) is 0 Å². The smallest absolute Gasteiger partial charge is 0.255 e. The summed E-state index contributed by atoms with van der Waals surface area (Å²) in [6.07, 6.45) is 0.890. The van der Waals surface area contributed by atoms with Crippen molar-refractivity contribution in [2.75, 3.05) is 5.32 Å². The minimum absolute atomic E-state index is 0.0867. The van der Waals surface area contributed by atoms with E-state index in [4.69, 9.17) is 0 Å². The first-order valence-electron chi connectivity index (χ1n) is 10.1. The summed E-state index contributed by atoms with van der Waals surface area (Å²) < 4.78 is 13.5. The Morgan fingerprint density at radius 1 is 1.03 bits per heavy atom. The number of aryl methyl sites for hydroxylation is 1. The lowest BCUT2D eigenvalue weighted by Gasteiger charge is -2.28. The Kier molecular flexibility index (Phi) is 5.61. The Hall–Kier alpha value is -3.47. The van der Waals surface area contributed by atoms with Crippen LogP contribution in [0.1, 0.15) is 46.4 Å². The summed E-state index contributed by atoms with van der Waals surface area (Å²) in [5.41, 5.74) is 4.15. The van der Waals surface area contributed by atoms with Gasteiger partial charge in [0, 0.05) is 17.8 Å². The molecule has 4 rings (SSSR count). The molecule has 1 aliphatic heterocycles. The lowest BCUT2D eigenvalue weighted by molar-refractivity contribution is -0.117. The second kappa shape index (κ2) is 8.49. The van der Waals surface area contributed by atoms with E-state index in [1.165, 1.54) is 12.1 Å². The highest BCUT2D eigenvalue weighted by molar-refractivity contribution is 5.99. The number of anilines is 1. The first-order valence-corrected chi connectivity index (χ1v) is 10.1. The van der Waals surface area contributed by atoms with Gasteiger partial charge in [0.05, 0.1) is 12.5 Å². The average Bonchev–Trinajstić information content (AvgIpc) is 3.10. The van der Waals surface area contributed by atoms with Crippen LogP contribution in [-0.2, 0) is 17.8 Å². The summed E-state index contributed by atoms with van der Waals surface area (Å²) in [5, 5.41) is 2.98. The van der Waals surface area contributed by atoms with E-state index in [1.54, 1.807) is 23.1 Å². The van der Waals surface area contributed by atoms with Crippen LogP contribution < -0.4 is 5.32 Å². The maximum Gasteiger partial charge on any atom is 0.255 e. The zero-order chi connectivity index (χ0) is 21.1. The summed E-state index contributed by atoms with van der Waals surface area (Å²) in [7, 11) is 0. The van der Waals surface area contributed by atoms with Gasteiger partial charge in [-0.25, -0.2) is 4.39 Å². The quantitative estimate of drug-likeness (QED) is 0.623. The molecule has 0 fully saturated rings. The second-order valence-electron chi connectivity index (χ2n) is 7.42. The minimum atomic E-state index is -0.487. The Morgan fingerprint density at radius 3 is 2.47 bits per heavy atom. The van der Waals surface area contributed by atoms with Crippen LogP contribution in [0.4, 0.5) is 10.1 Å². The van der Waals surface area contributed by atoms with Crippen molar-refractivity contribution in [2.24, 2.45) is 0 Å². The van der Waals surface area contributed by atoms with Gasteiger partial charge < -0.3 is 10.2 Å². The fourth-order valence-electron chi connectivity index (χ4n) is 3.95. The summed E-state index contributed by atoms with van der Waals surface area (Å²) in [4.78, 5) is 27.7. The molecule has 4 nitrogen and oxygen atoms in total. The van der Waals surface area contributed by atoms with Crippen LogP contribution in [0.15, 0.2) is 72.8 Å². The molecule has 1 N–H and O–H groups in total. The van der Waals surface area contributed by atoms with Gasteiger partial charge in [0.1, 0.15) is 5.82 Å². The van der Waals surface area contributed by atoms with Crippen molar-refractivity contribution < 1.29 is 14.0 Å². The maximum atomic E-state index is 13.5. The molecule has 5 heteroatoms. The number of hydrogen-bond acceptors (Lipinski definition) is 2. The molecule has 0 spiro atoms. The van der Waals surface area contributed by atoms with E-state index < -0.39 is 6.04 Å². The number of hydrogen-bond donors (Lipinski definition) is 1. The first kappa shape index (κ1) is 19.8. The SMILES string of the molecule is CCc1ccccc1NC(=O)C[C@H](c1ccc(F)cc1)N1Cc2ccccc2C1=O. The van der Waals surface area contributed by atoms with Crippen LogP contribution in [0, 0.1) is 5.82 Å². The molecule has 0 saturated carbocycles. The van der Waals surface area contributed by atoms with Gasteiger partial charge in [-0.2, -0.15) is 0 Å². The fourth-order valence-corrected chi connectivity index (χ4v) is 3.95. The highest BCUT2D eigenvalue weighted by Crippen LogP contribution is 2.34. The molecule has 3 aromatic carbocycles. The van der Waals surface area contributed by atoms with Crippen molar-refractivity contribution in [3.63, 3.8) is 0 Å². The number of carbonyl (C=O) groups is 2. The number of amides is 2. The molecule has 152 valence electrons. The van der Waals surface area contributed by atoms with Crippen molar-refractivity contribution in [1.29, 1.82) is 0 Å². The van der Waals surface area contributed by atoms with Crippen LogP contribution in [0.25, 0.3) is 0 Å². The van der Waals surface area contributed by atoms with Gasteiger partial charge >= 0.3 is 0 Å². The Labute approximate surface area is 175 Å². The standard InChI is InChI=1S/C25H23FN2O2/c1-2-17-7-4-6-10-22(17)27-24(29)15-23(18-11-13-20(26)14-12-18)28-16-19-8-3-5-9-21(19)25(28)30/h3-14,23H,2,15-16H2,1H3,(H,27,29)/t23-/m1/s1. The highest BCUT2D eigenvalue weighted by Gasteiger charge is 2.34. The highest BCUT2D eigenvalue weighted by atomic mass is 19.1. The molecule has 0 aliphatic carbocycles. The summed E-state index contributed by atoms with van der Waals surface area (Å²) >= 11 is 0. The lowest BCUT2D eigenvalue weighted by Crippen LogP contribution is -2.32. The van der Waals surface area contributed by atoms with Crippen molar-refractivity contribution in [2.45, 2.75) is 32.4 Å². The van der Waals surface area contributed by atoms with Crippen molar-refractivity contribution in [3.05, 3.63) is 101 Å². The van der Waals surface area contributed by atoms with E-state index in [2.05, 4.69) is 5.32 Å². The minimum Gasteiger partial charge on any atom is -0.327 e. The number of para-hydroxylation sites is 1. The van der Waals surface area contributed by atoms with E-state index in [1.807, 2.05) is 49.4 Å². The molecule has 2 amide bonds. The molecular formula is C25H23FN2O2. The van der Waals surface area contributed by atoms with E-state index >= 15 is 0 Å². The maximum absolute atomic E-state index is 13.5. The van der Waals surface area contributed by atoms with E-state index in [9.17, 15) is 14.0 Å². The number of rotatable bonds is 6. The van der Waals surface area contributed by atoms with E-state index in [-0.39, 0.29) is 24.1 Å². The predicted octanol–water partition coefficient (Wildman–Crippen LogP) is 5.11. The second-order valence-corrected chi connectivity index (χ2v) is 7.42. The summed E-state index contributed by atoms with van der Waals surface area (Å²) in [6.45, 7) is 2.46. The Morgan fingerprint density at radius 2 is 1.73 bits per heavy atom. The first-order chi connectivity index (χ1) is 14.6. The third kappa shape index (κ3) is 3.96. The van der Waals surface area contributed by atoms with Crippen molar-refractivity contribution >= 4 is 17.5 Å². The van der Waals surface area contributed by atoms with Crippen LogP contribution in [0.2, 0.25) is 0 Å². The fraction of sp³-hybridized carbons (Fsp3) is 0.200. The Balaban J connectivity index is 1.61. The van der Waals surface area contributed by atoms with Gasteiger partial charge in [0.2, 0.25) is 5.91 Å². The third-order valence-corrected chi connectivity index (χ3v) is 5.53. The largest absolute Gasteiger partial charge is 0.327 e. The number of nitrogens with one attached hydrogen (secondary N) is 1. The molecule has 1 aliphatic rings. The topological polar surface area (TPSA) is 49.4 Å². The summed E-state index contributed by atoms with van der Waals surface area (Å²) in [5.74, 6) is -0.648. The monoisotopic (exact) mass is 402 g/mol. The average molecular weight is 402 g/mol. The van der Waals surface area contributed by atoms with E-state index in [0.717, 1.165) is 28.8 Å². The number of carbonyl (C=O) groups excluding carboxylic acids is 2. The number of halogens is 1. The molecule has 0 radical (unpaired) electrons. The van der Waals surface area contributed by atoms with Gasteiger partial charge in [0.25, 0.3) is 5.91 Å². The lowest BCUT2D eigenvalue weighted by atomic mass is 10.0. The van der Waals surface area contributed by atoms with Gasteiger partial charge in [-0.15, -0.1) is 0 Å². The van der Waals surface area contributed by atoms with Gasteiger partial charge in [-0.1, -0.05) is 55.5 Å². The molecule has 0 aromatic heterocycles. The number of benzene rings is 3. The molecule has 0 saturated heterocycles. The molecule has 3 aromatic rings. The molecule has 0 bridgehead atoms. The molecule has 0 unspecified atom stereocenters. The molecule has 30 heavy (non-hydrogen) atoms.